The first-order chi connectivity index (χ1) is 10.7. The summed E-state index contributed by atoms with van der Waals surface area (Å²) in [5.41, 5.74) is 0.522. The van der Waals surface area contributed by atoms with Crippen molar-refractivity contribution in [3.8, 4) is 0 Å². The number of anilines is 1. The van der Waals surface area contributed by atoms with E-state index in [0.29, 0.717) is 24.3 Å². The summed E-state index contributed by atoms with van der Waals surface area (Å²) in [6, 6.07) is 7.26. The fraction of sp³-hybridized carbons (Fsp3) is 0.375. The topological polar surface area (TPSA) is 65.5 Å². The Labute approximate surface area is 134 Å². The number of amides is 1. The van der Waals surface area contributed by atoms with E-state index in [0.717, 1.165) is 4.88 Å². The van der Waals surface area contributed by atoms with Gasteiger partial charge in [0.2, 0.25) is 0 Å². The van der Waals surface area contributed by atoms with Gasteiger partial charge in [0.05, 0.1) is 24.8 Å². The van der Waals surface area contributed by atoms with Crippen LogP contribution in [-0.4, -0.2) is 40.6 Å². The Bertz CT molecular complexity index is 597. The summed E-state index contributed by atoms with van der Waals surface area (Å²) in [7, 11) is 1.74. The highest BCUT2D eigenvalue weighted by atomic mass is 32.1. The molecule has 2 heterocycles. The minimum absolute atomic E-state index is 0.0528. The SMILES string of the molecule is CCC(CO)N(Cc1cccs1)C(=O)c1cccnc1NC. The number of thiophene rings is 1. The van der Waals surface area contributed by atoms with Crippen LogP contribution in [0, 0.1) is 0 Å². The van der Waals surface area contributed by atoms with Crippen LogP contribution in [0.2, 0.25) is 0 Å². The van der Waals surface area contributed by atoms with Crippen molar-refractivity contribution in [3.05, 3.63) is 46.3 Å². The Morgan fingerprint density at radius 2 is 2.27 bits per heavy atom. The first-order valence-corrected chi connectivity index (χ1v) is 8.16. The smallest absolute Gasteiger partial charge is 0.258 e. The Kier molecular flexibility index (Phi) is 5.91. The minimum Gasteiger partial charge on any atom is -0.394 e. The van der Waals surface area contributed by atoms with E-state index in [-0.39, 0.29) is 18.6 Å². The molecule has 1 amide bonds. The first kappa shape index (κ1) is 16.5. The van der Waals surface area contributed by atoms with Crippen molar-refractivity contribution in [2.75, 3.05) is 19.0 Å². The highest BCUT2D eigenvalue weighted by Gasteiger charge is 2.25. The molecule has 0 aliphatic rings. The summed E-state index contributed by atoms with van der Waals surface area (Å²) in [6.07, 6.45) is 2.35. The van der Waals surface area contributed by atoms with Crippen molar-refractivity contribution < 1.29 is 9.90 Å². The number of carbonyl (C=O) groups is 1. The quantitative estimate of drug-likeness (QED) is 0.823. The molecule has 0 aliphatic heterocycles. The maximum Gasteiger partial charge on any atom is 0.258 e. The van der Waals surface area contributed by atoms with Gasteiger partial charge in [-0.2, -0.15) is 0 Å². The molecule has 2 aromatic heterocycles. The maximum absolute atomic E-state index is 12.9. The van der Waals surface area contributed by atoms with Gasteiger partial charge in [0.15, 0.2) is 0 Å². The molecule has 0 saturated carbocycles. The van der Waals surface area contributed by atoms with Gasteiger partial charge in [0.1, 0.15) is 5.82 Å². The molecule has 0 saturated heterocycles. The number of aliphatic hydroxyl groups excluding tert-OH is 1. The second-order valence-corrected chi connectivity index (χ2v) is 5.94. The second kappa shape index (κ2) is 7.91. The van der Waals surface area contributed by atoms with Gasteiger partial charge < -0.3 is 15.3 Å². The molecule has 1 atom stereocenters. The molecule has 0 bridgehead atoms. The highest BCUT2D eigenvalue weighted by molar-refractivity contribution is 7.09. The zero-order valence-corrected chi connectivity index (χ0v) is 13.6. The van der Waals surface area contributed by atoms with Crippen LogP contribution in [-0.2, 0) is 6.54 Å². The van der Waals surface area contributed by atoms with Gasteiger partial charge in [0.25, 0.3) is 5.91 Å². The summed E-state index contributed by atoms with van der Waals surface area (Å²) in [5.74, 6) is 0.434. The third-order valence-corrected chi connectivity index (χ3v) is 4.43. The van der Waals surface area contributed by atoms with Gasteiger partial charge in [-0.25, -0.2) is 4.98 Å². The van der Waals surface area contributed by atoms with E-state index in [4.69, 9.17) is 0 Å². The van der Waals surface area contributed by atoms with E-state index < -0.39 is 0 Å². The van der Waals surface area contributed by atoms with Gasteiger partial charge in [-0.15, -0.1) is 11.3 Å². The molecule has 2 aromatic rings. The Balaban J connectivity index is 2.32. The molecule has 1 unspecified atom stereocenters. The van der Waals surface area contributed by atoms with E-state index in [1.165, 1.54) is 0 Å². The molecule has 0 aliphatic carbocycles. The van der Waals surface area contributed by atoms with E-state index in [2.05, 4.69) is 10.3 Å². The number of rotatable bonds is 7. The summed E-state index contributed by atoms with van der Waals surface area (Å²) in [5, 5.41) is 14.6. The fourth-order valence-electron chi connectivity index (χ4n) is 2.32. The number of aliphatic hydroxyl groups is 1. The van der Waals surface area contributed by atoms with Crippen molar-refractivity contribution >= 4 is 23.1 Å². The van der Waals surface area contributed by atoms with Gasteiger partial charge in [0, 0.05) is 18.1 Å². The van der Waals surface area contributed by atoms with Crippen molar-refractivity contribution in [1.82, 2.24) is 9.88 Å². The predicted octanol–water partition coefficient (Wildman–Crippen LogP) is 2.60. The number of carbonyl (C=O) groups excluding carboxylic acids is 1. The molecular weight excluding hydrogens is 298 g/mol. The standard InChI is InChI=1S/C16H21N3O2S/c1-3-12(11-20)19(10-13-6-5-9-22-13)16(21)14-7-4-8-18-15(14)17-2/h4-9,12,20H,3,10-11H2,1-2H3,(H,17,18). The number of pyridine rings is 1. The third kappa shape index (κ3) is 3.64. The van der Waals surface area contributed by atoms with Crippen LogP contribution in [0.1, 0.15) is 28.6 Å². The molecule has 2 N–H and O–H groups in total. The van der Waals surface area contributed by atoms with Gasteiger partial charge in [-0.3, -0.25) is 4.79 Å². The second-order valence-electron chi connectivity index (χ2n) is 4.91. The Morgan fingerprint density at radius 3 is 2.86 bits per heavy atom. The zero-order valence-electron chi connectivity index (χ0n) is 12.8. The number of aromatic nitrogens is 1. The lowest BCUT2D eigenvalue weighted by Gasteiger charge is -2.30. The molecular formula is C16H21N3O2S. The summed E-state index contributed by atoms with van der Waals surface area (Å²) >= 11 is 1.61. The minimum atomic E-state index is -0.209. The van der Waals surface area contributed by atoms with Crippen LogP contribution in [0.3, 0.4) is 0 Å². The zero-order chi connectivity index (χ0) is 15.9. The largest absolute Gasteiger partial charge is 0.394 e. The lowest BCUT2D eigenvalue weighted by atomic mass is 10.1. The van der Waals surface area contributed by atoms with Gasteiger partial charge in [-0.05, 0) is 30.0 Å². The van der Waals surface area contributed by atoms with Gasteiger partial charge >= 0.3 is 0 Å². The Morgan fingerprint density at radius 1 is 1.45 bits per heavy atom. The molecule has 0 fully saturated rings. The van der Waals surface area contributed by atoms with Crippen molar-refractivity contribution in [1.29, 1.82) is 0 Å². The average molecular weight is 319 g/mol. The average Bonchev–Trinajstić information content (AvgIpc) is 3.07. The van der Waals surface area contributed by atoms with Crippen LogP contribution in [0.5, 0.6) is 0 Å². The van der Waals surface area contributed by atoms with Crippen molar-refractivity contribution in [2.24, 2.45) is 0 Å². The normalized spacial score (nSPS) is 12.0. The monoisotopic (exact) mass is 319 g/mol. The van der Waals surface area contributed by atoms with E-state index in [1.54, 1.807) is 41.6 Å². The first-order valence-electron chi connectivity index (χ1n) is 7.28. The Hall–Kier alpha value is -1.92. The highest BCUT2D eigenvalue weighted by Crippen LogP contribution is 2.21. The van der Waals surface area contributed by atoms with E-state index in [1.807, 2.05) is 24.4 Å². The molecule has 22 heavy (non-hydrogen) atoms. The van der Waals surface area contributed by atoms with Crippen LogP contribution in [0.4, 0.5) is 5.82 Å². The molecule has 0 aromatic carbocycles. The predicted molar refractivity (Wildman–Crippen MR) is 89.1 cm³/mol. The summed E-state index contributed by atoms with van der Waals surface area (Å²) in [6.45, 7) is 2.41. The fourth-order valence-corrected chi connectivity index (χ4v) is 3.02. The van der Waals surface area contributed by atoms with Gasteiger partial charge in [-0.1, -0.05) is 13.0 Å². The van der Waals surface area contributed by atoms with E-state index in [9.17, 15) is 9.90 Å². The maximum atomic E-state index is 12.9. The van der Waals surface area contributed by atoms with Crippen molar-refractivity contribution in [2.45, 2.75) is 25.9 Å². The lowest BCUT2D eigenvalue weighted by molar-refractivity contribution is 0.0567. The van der Waals surface area contributed by atoms with Crippen LogP contribution >= 0.6 is 11.3 Å². The molecule has 2 rings (SSSR count). The third-order valence-electron chi connectivity index (χ3n) is 3.56. The molecule has 0 radical (unpaired) electrons. The lowest BCUT2D eigenvalue weighted by Crippen LogP contribution is -2.41. The number of hydrogen-bond acceptors (Lipinski definition) is 5. The molecule has 6 heteroatoms. The number of nitrogens with zero attached hydrogens (tertiary/aromatic N) is 2. The van der Waals surface area contributed by atoms with Crippen molar-refractivity contribution in [3.63, 3.8) is 0 Å². The molecule has 5 nitrogen and oxygen atoms in total. The summed E-state index contributed by atoms with van der Waals surface area (Å²) in [4.78, 5) is 20.0. The molecule has 118 valence electrons. The van der Waals surface area contributed by atoms with Crippen LogP contribution in [0.15, 0.2) is 35.8 Å². The number of nitrogens with one attached hydrogen (secondary N) is 1. The number of hydrogen-bond donors (Lipinski definition) is 2. The van der Waals surface area contributed by atoms with Crippen LogP contribution < -0.4 is 5.32 Å². The summed E-state index contributed by atoms with van der Waals surface area (Å²) < 4.78 is 0. The molecule has 0 spiro atoms. The van der Waals surface area contributed by atoms with E-state index >= 15 is 0 Å². The van der Waals surface area contributed by atoms with Crippen LogP contribution in [0.25, 0.3) is 0 Å².